The molecule has 2 atom stereocenters. The van der Waals surface area contributed by atoms with Crippen LogP contribution in [-0.4, -0.2) is 24.0 Å². The summed E-state index contributed by atoms with van der Waals surface area (Å²) >= 11 is 0. The predicted octanol–water partition coefficient (Wildman–Crippen LogP) is 2.95. The number of rotatable bonds is 3. The van der Waals surface area contributed by atoms with Crippen molar-refractivity contribution in [1.82, 2.24) is 4.90 Å². The van der Waals surface area contributed by atoms with E-state index in [1.54, 1.807) is 0 Å². The van der Waals surface area contributed by atoms with Crippen LogP contribution in [0.25, 0.3) is 0 Å². The van der Waals surface area contributed by atoms with E-state index in [0.717, 1.165) is 0 Å². The summed E-state index contributed by atoms with van der Waals surface area (Å²) < 4.78 is 0. The molecule has 0 radical (unpaired) electrons. The highest BCUT2D eigenvalue weighted by Crippen LogP contribution is 2.21. The number of likely N-dealkylation sites (tertiary alicyclic amines) is 1. The van der Waals surface area contributed by atoms with E-state index in [1.807, 2.05) is 6.07 Å². The Kier molecular flexibility index (Phi) is 4.57. The number of benzene rings is 1. The third-order valence-electron chi connectivity index (χ3n) is 3.92. The zero-order valence-corrected chi connectivity index (χ0v) is 10.8. The van der Waals surface area contributed by atoms with Crippen LogP contribution >= 0.6 is 0 Å². The Bertz CT molecular complexity index is 315. The summed E-state index contributed by atoms with van der Waals surface area (Å²) in [5.41, 5.74) is 7.63. The lowest BCUT2D eigenvalue weighted by molar-refractivity contribution is 0.191. The molecule has 0 aliphatic carbocycles. The maximum atomic E-state index is 6.38. The van der Waals surface area contributed by atoms with Gasteiger partial charge in [0, 0.05) is 12.1 Å². The van der Waals surface area contributed by atoms with Crippen molar-refractivity contribution in [1.29, 1.82) is 0 Å². The van der Waals surface area contributed by atoms with Crippen molar-refractivity contribution >= 4 is 0 Å². The summed E-state index contributed by atoms with van der Waals surface area (Å²) in [6.07, 6.45) is 5.41. The Morgan fingerprint density at radius 1 is 1.00 bits per heavy atom. The van der Waals surface area contributed by atoms with Crippen molar-refractivity contribution in [2.24, 2.45) is 5.73 Å². The monoisotopic (exact) mass is 232 g/mol. The Balaban J connectivity index is 2.00. The minimum atomic E-state index is 0.134. The summed E-state index contributed by atoms with van der Waals surface area (Å²) in [4.78, 5) is 2.56. The maximum Gasteiger partial charge on any atom is 0.0450 e. The summed E-state index contributed by atoms with van der Waals surface area (Å²) in [6.45, 7) is 4.69. The highest BCUT2D eigenvalue weighted by atomic mass is 15.2. The zero-order chi connectivity index (χ0) is 12.1. The van der Waals surface area contributed by atoms with E-state index in [9.17, 15) is 0 Å². The first-order valence-corrected chi connectivity index (χ1v) is 6.83. The highest BCUT2D eigenvalue weighted by molar-refractivity contribution is 5.19. The largest absolute Gasteiger partial charge is 0.323 e. The zero-order valence-electron chi connectivity index (χ0n) is 10.8. The van der Waals surface area contributed by atoms with E-state index in [1.165, 1.54) is 44.3 Å². The molecule has 0 saturated carbocycles. The molecule has 1 aromatic carbocycles. The van der Waals surface area contributed by atoms with Crippen molar-refractivity contribution in [3.05, 3.63) is 35.9 Å². The van der Waals surface area contributed by atoms with Crippen molar-refractivity contribution in [2.45, 2.75) is 44.7 Å². The van der Waals surface area contributed by atoms with E-state index < -0.39 is 0 Å². The van der Waals surface area contributed by atoms with Crippen molar-refractivity contribution in [3.63, 3.8) is 0 Å². The smallest absolute Gasteiger partial charge is 0.0450 e. The quantitative estimate of drug-likeness (QED) is 0.868. The lowest BCUT2D eigenvalue weighted by atomic mass is 10.00. The van der Waals surface area contributed by atoms with Gasteiger partial charge in [0.1, 0.15) is 0 Å². The number of hydrogen-bond acceptors (Lipinski definition) is 2. The van der Waals surface area contributed by atoms with Gasteiger partial charge in [0.25, 0.3) is 0 Å². The average molecular weight is 232 g/mol. The maximum absolute atomic E-state index is 6.38. The normalized spacial score (nSPS) is 21.8. The first-order chi connectivity index (χ1) is 8.29. The molecular formula is C15H24N2. The summed E-state index contributed by atoms with van der Waals surface area (Å²) in [7, 11) is 0. The van der Waals surface area contributed by atoms with Gasteiger partial charge in [-0.2, -0.15) is 0 Å². The molecular weight excluding hydrogens is 208 g/mol. The van der Waals surface area contributed by atoms with Crippen LogP contribution in [0.5, 0.6) is 0 Å². The van der Waals surface area contributed by atoms with Gasteiger partial charge in [-0.1, -0.05) is 43.2 Å². The molecule has 2 heteroatoms. The van der Waals surface area contributed by atoms with E-state index in [2.05, 4.69) is 36.1 Å². The molecule has 1 aliphatic heterocycles. The van der Waals surface area contributed by atoms with E-state index >= 15 is 0 Å². The first-order valence-electron chi connectivity index (χ1n) is 6.83. The minimum absolute atomic E-state index is 0.134. The lowest BCUT2D eigenvalue weighted by Crippen LogP contribution is -2.41. The molecule has 2 nitrogen and oxygen atoms in total. The van der Waals surface area contributed by atoms with Crippen LogP contribution in [0.1, 0.15) is 44.2 Å². The van der Waals surface area contributed by atoms with Gasteiger partial charge in [-0.05, 0) is 38.4 Å². The molecule has 2 unspecified atom stereocenters. The molecule has 0 aromatic heterocycles. The van der Waals surface area contributed by atoms with Crippen LogP contribution in [0.15, 0.2) is 30.3 Å². The van der Waals surface area contributed by atoms with E-state index in [0.29, 0.717) is 6.04 Å². The van der Waals surface area contributed by atoms with Crippen LogP contribution < -0.4 is 5.73 Å². The fourth-order valence-corrected chi connectivity index (χ4v) is 2.68. The third kappa shape index (κ3) is 3.30. The van der Waals surface area contributed by atoms with Gasteiger partial charge in [0.05, 0.1) is 0 Å². The molecule has 1 aromatic rings. The Hall–Kier alpha value is -0.860. The van der Waals surface area contributed by atoms with Gasteiger partial charge in [-0.15, -0.1) is 0 Å². The SMILES string of the molecule is CC(C(N)c1ccccc1)N1CCCCCC1. The van der Waals surface area contributed by atoms with Crippen molar-refractivity contribution in [3.8, 4) is 0 Å². The molecule has 94 valence electrons. The summed E-state index contributed by atoms with van der Waals surface area (Å²) in [6, 6.07) is 11.0. The van der Waals surface area contributed by atoms with Gasteiger partial charge in [-0.25, -0.2) is 0 Å². The number of nitrogens with two attached hydrogens (primary N) is 1. The van der Waals surface area contributed by atoms with E-state index in [-0.39, 0.29) is 6.04 Å². The fraction of sp³-hybridized carbons (Fsp3) is 0.600. The predicted molar refractivity (Wildman–Crippen MR) is 72.9 cm³/mol. The van der Waals surface area contributed by atoms with Crippen LogP contribution in [0.2, 0.25) is 0 Å². The second kappa shape index (κ2) is 6.18. The molecule has 2 rings (SSSR count). The van der Waals surface area contributed by atoms with Crippen LogP contribution in [-0.2, 0) is 0 Å². The van der Waals surface area contributed by atoms with Gasteiger partial charge < -0.3 is 5.73 Å². The second-order valence-corrected chi connectivity index (χ2v) is 5.13. The van der Waals surface area contributed by atoms with E-state index in [4.69, 9.17) is 5.73 Å². The second-order valence-electron chi connectivity index (χ2n) is 5.13. The minimum Gasteiger partial charge on any atom is -0.323 e. The van der Waals surface area contributed by atoms with Gasteiger partial charge in [0.2, 0.25) is 0 Å². The summed E-state index contributed by atoms with van der Waals surface area (Å²) in [5.74, 6) is 0. The molecule has 17 heavy (non-hydrogen) atoms. The molecule has 0 amide bonds. The molecule has 0 spiro atoms. The van der Waals surface area contributed by atoms with Crippen LogP contribution in [0.3, 0.4) is 0 Å². The molecule has 1 fully saturated rings. The number of nitrogens with zero attached hydrogens (tertiary/aromatic N) is 1. The molecule has 1 heterocycles. The van der Waals surface area contributed by atoms with Gasteiger partial charge in [-0.3, -0.25) is 4.90 Å². The Morgan fingerprint density at radius 3 is 2.18 bits per heavy atom. The average Bonchev–Trinajstić information content (AvgIpc) is 2.67. The summed E-state index contributed by atoms with van der Waals surface area (Å²) in [5, 5.41) is 0. The molecule has 1 aliphatic rings. The molecule has 1 saturated heterocycles. The lowest BCUT2D eigenvalue weighted by Gasteiger charge is -2.32. The fourth-order valence-electron chi connectivity index (χ4n) is 2.68. The third-order valence-corrected chi connectivity index (χ3v) is 3.92. The van der Waals surface area contributed by atoms with Crippen LogP contribution in [0, 0.1) is 0 Å². The topological polar surface area (TPSA) is 29.3 Å². The Labute approximate surface area is 105 Å². The van der Waals surface area contributed by atoms with Gasteiger partial charge >= 0.3 is 0 Å². The highest BCUT2D eigenvalue weighted by Gasteiger charge is 2.22. The number of hydrogen-bond donors (Lipinski definition) is 1. The van der Waals surface area contributed by atoms with Crippen molar-refractivity contribution < 1.29 is 0 Å². The standard InChI is InChI=1S/C15H24N2/c1-13(17-11-7-2-3-8-12-17)15(16)14-9-5-4-6-10-14/h4-6,9-10,13,15H,2-3,7-8,11-12,16H2,1H3. The van der Waals surface area contributed by atoms with Crippen LogP contribution in [0.4, 0.5) is 0 Å². The van der Waals surface area contributed by atoms with Gasteiger partial charge in [0.15, 0.2) is 0 Å². The molecule has 0 bridgehead atoms. The van der Waals surface area contributed by atoms with Crippen molar-refractivity contribution in [2.75, 3.05) is 13.1 Å². The first kappa shape index (κ1) is 12.6. The Morgan fingerprint density at radius 2 is 1.59 bits per heavy atom. The molecule has 2 N–H and O–H groups in total.